The van der Waals surface area contributed by atoms with Crippen LogP contribution < -0.4 is 5.32 Å². The molecule has 0 saturated carbocycles. The fourth-order valence-corrected chi connectivity index (χ4v) is 3.40. The fraction of sp³-hybridized carbons (Fsp3) is 0.286. The molecule has 0 aliphatic carbocycles. The fourth-order valence-electron chi connectivity index (χ4n) is 3.40. The number of nitrogens with one attached hydrogen (secondary N) is 1. The van der Waals surface area contributed by atoms with Crippen LogP contribution in [-0.4, -0.2) is 34.6 Å². The number of hydrogen-bond acceptors (Lipinski definition) is 7. The SMILES string of the molecule is Cc1nc2c(F)cc(-c3cc(Nc4cnc(C(C)O)cn4)ncn3)cc2n1C(C)C. The molecule has 3 aromatic heterocycles. The molecule has 0 bridgehead atoms. The van der Waals surface area contributed by atoms with Gasteiger partial charge in [0.15, 0.2) is 5.82 Å². The molecule has 3 heterocycles. The Bertz CT molecular complexity index is 1200. The zero-order valence-corrected chi connectivity index (χ0v) is 17.1. The van der Waals surface area contributed by atoms with Crippen molar-refractivity contribution in [3.05, 3.63) is 54.3 Å². The molecule has 0 saturated heterocycles. The molecule has 4 rings (SSSR count). The van der Waals surface area contributed by atoms with E-state index in [-0.39, 0.29) is 6.04 Å². The third-order valence-corrected chi connectivity index (χ3v) is 4.76. The third kappa shape index (κ3) is 3.71. The van der Waals surface area contributed by atoms with Crippen molar-refractivity contribution in [3.8, 4) is 11.3 Å². The molecular formula is C21H22FN7O. The zero-order chi connectivity index (χ0) is 21.4. The van der Waals surface area contributed by atoms with E-state index in [1.807, 2.05) is 31.4 Å². The van der Waals surface area contributed by atoms with Crippen LogP contribution in [0.1, 0.15) is 44.4 Å². The molecule has 4 aromatic rings. The van der Waals surface area contributed by atoms with Crippen LogP contribution >= 0.6 is 0 Å². The van der Waals surface area contributed by atoms with Crippen molar-refractivity contribution in [2.45, 2.75) is 39.8 Å². The van der Waals surface area contributed by atoms with Gasteiger partial charge in [-0.15, -0.1) is 0 Å². The quantitative estimate of drug-likeness (QED) is 0.513. The summed E-state index contributed by atoms with van der Waals surface area (Å²) in [5, 5.41) is 12.6. The number of fused-ring (bicyclic) bond motifs is 1. The number of anilines is 2. The van der Waals surface area contributed by atoms with E-state index in [1.54, 1.807) is 13.0 Å². The number of aliphatic hydroxyl groups is 1. The molecule has 1 unspecified atom stereocenters. The molecule has 0 aliphatic rings. The second kappa shape index (κ2) is 7.75. The second-order valence-corrected chi connectivity index (χ2v) is 7.36. The molecule has 1 aromatic carbocycles. The Balaban J connectivity index is 1.69. The predicted octanol–water partition coefficient (Wildman–Crippen LogP) is 4.11. The predicted molar refractivity (Wildman–Crippen MR) is 112 cm³/mol. The molecule has 0 aliphatic heterocycles. The van der Waals surface area contributed by atoms with Crippen molar-refractivity contribution in [2.75, 3.05) is 5.32 Å². The third-order valence-electron chi connectivity index (χ3n) is 4.76. The minimum Gasteiger partial charge on any atom is -0.387 e. The van der Waals surface area contributed by atoms with Gasteiger partial charge in [0, 0.05) is 17.7 Å². The van der Waals surface area contributed by atoms with E-state index in [0.29, 0.717) is 34.1 Å². The number of imidazole rings is 1. The molecule has 0 spiro atoms. The van der Waals surface area contributed by atoms with Gasteiger partial charge in [0.05, 0.1) is 35.4 Å². The number of aliphatic hydroxyl groups excluding tert-OH is 1. The Labute approximate surface area is 172 Å². The van der Waals surface area contributed by atoms with Gasteiger partial charge in [0.2, 0.25) is 0 Å². The standard InChI is InChI=1S/C21H22FN7O/c1-11(2)29-13(4)27-21-15(22)5-14(6-18(21)29)16-7-19(26-10-25-16)28-20-9-23-17(8-24-20)12(3)30/h5-12,30H,1-4H3,(H,24,25,26,28). The maximum Gasteiger partial charge on any atom is 0.151 e. The van der Waals surface area contributed by atoms with Crippen LogP contribution in [0.5, 0.6) is 0 Å². The first-order valence-electron chi connectivity index (χ1n) is 9.61. The Kier molecular flexibility index (Phi) is 5.13. The van der Waals surface area contributed by atoms with Gasteiger partial charge in [0.1, 0.15) is 29.3 Å². The van der Waals surface area contributed by atoms with Gasteiger partial charge in [-0.1, -0.05) is 0 Å². The lowest BCUT2D eigenvalue weighted by Gasteiger charge is -2.12. The molecule has 1 atom stereocenters. The van der Waals surface area contributed by atoms with Gasteiger partial charge < -0.3 is 15.0 Å². The highest BCUT2D eigenvalue weighted by molar-refractivity contribution is 5.83. The van der Waals surface area contributed by atoms with Gasteiger partial charge in [-0.05, 0) is 39.8 Å². The molecule has 0 amide bonds. The van der Waals surface area contributed by atoms with Crippen LogP contribution in [0, 0.1) is 12.7 Å². The average molecular weight is 407 g/mol. The lowest BCUT2D eigenvalue weighted by Crippen LogP contribution is -2.03. The summed E-state index contributed by atoms with van der Waals surface area (Å²) in [6.07, 6.45) is 3.72. The summed E-state index contributed by atoms with van der Waals surface area (Å²) >= 11 is 0. The summed E-state index contributed by atoms with van der Waals surface area (Å²) in [5.41, 5.74) is 2.75. The van der Waals surface area contributed by atoms with E-state index in [0.717, 1.165) is 11.3 Å². The average Bonchev–Trinajstić information content (AvgIpc) is 3.05. The van der Waals surface area contributed by atoms with Gasteiger partial charge in [-0.25, -0.2) is 24.3 Å². The maximum absolute atomic E-state index is 14.8. The smallest absolute Gasteiger partial charge is 0.151 e. The van der Waals surface area contributed by atoms with E-state index in [1.165, 1.54) is 24.8 Å². The lowest BCUT2D eigenvalue weighted by atomic mass is 10.1. The van der Waals surface area contributed by atoms with E-state index < -0.39 is 11.9 Å². The Morgan fingerprint density at radius 3 is 2.47 bits per heavy atom. The number of nitrogens with zero attached hydrogens (tertiary/aromatic N) is 6. The first-order valence-corrected chi connectivity index (χ1v) is 9.61. The molecular weight excluding hydrogens is 385 g/mol. The van der Waals surface area contributed by atoms with Crippen molar-refractivity contribution < 1.29 is 9.50 Å². The highest BCUT2D eigenvalue weighted by Gasteiger charge is 2.16. The van der Waals surface area contributed by atoms with Crippen molar-refractivity contribution in [3.63, 3.8) is 0 Å². The van der Waals surface area contributed by atoms with Crippen molar-refractivity contribution in [1.29, 1.82) is 0 Å². The first kappa shape index (κ1) is 19.8. The topological polar surface area (TPSA) is 102 Å². The van der Waals surface area contributed by atoms with Crippen LogP contribution in [0.4, 0.5) is 16.0 Å². The number of benzene rings is 1. The zero-order valence-electron chi connectivity index (χ0n) is 17.1. The van der Waals surface area contributed by atoms with Crippen LogP contribution in [0.3, 0.4) is 0 Å². The summed E-state index contributed by atoms with van der Waals surface area (Å²) in [4.78, 5) is 21.2. The molecule has 2 N–H and O–H groups in total. The van der Waals surface area contributed by atoms with Gasteiger partial charge in [-0.2, -0.15) is 0 Å². The minimum atomic E-state index is -0.690. The highest BCUT2D eigenvalue weighted by Crippen LogP contribution is 2.29. The second-order valence-electron chi connectivity index (χ2n) is 7.36. The van der Waals surface area contributed by atoms with Crippen LogP contribution in [0.2, 0.25) is 0 Å². The van der Waals surface area contributed by atoms with Crippen molar-refractivity contribution >= 4 is 22.7 Å². The summed E-state index contributed by atoms with van der Waals surface area (Å²) in [5.74, 6) is 1.34. The largest absolute Gasteiger partial charge is 0.387 e. The molecule has 30 heavy (non-hydrogen) atoms. The molecule has 8 nitrogen and oxygen atoms in total. The minimum absolute atomic E-state index is 0.149. The Morgan fingerprint density at radius 1 is 1.00 bits per heavy atom. The number of aromatic nitrogens is 6. The van der Waals surface area contributed by atoms with E-state index in [4.69, 9.17) is 0 Å². The monoisotopic (exact) mass is 407 g/mol. The molecule has 154 valence electrons. The number of rotatable bonds is 5. The summed E-state index contributed by atoms with van der Waals surface area (Å²) in [7, 11) is 0. The van der Waals surface area contributed by atoms with E-state index >= 15 is 0 Å². The molecule has 0 radical (unpaired) electrons. The van der Waals surface area contributed by atoms with Crippen LogP contribution in [0.15, 0.2) is 36.9 Å². The van der Waals surface area contributed by atoms with Gasteiger partial charge in [0.25, 0.3) is 0 Å². The number of halogens is 1. The lowest BCUT2D eigenvalue weighted by molar-refractivity contribution is 0.194. The molecule has 9 heteroatoms. The number of hydrogen-bond donors (Lipinski definition) is 2. The van der Waals surface area contributed by atoms with Crippen LogP contribution in [0.25, 0.3) is 22.3 Å². The highest BCUT2D eigenvalue weighted by atomic mass is 19.1. The van der Waals surface area contributed by atoms with Crippen molar-refractivity contribution in [1.82, 2.24) is 29.5 Å². The summed E-state index contributed by atoms with van der Waals surface area (Å²) in [6.45, 7) is 7.57. The van der Waals surface area contributed by atoms with E-state index in [9.17, 15) is 9.50 Å². The maximum atomic E-state index is 14.8. The normalized spacial score (nSPS) is 12.5. The Hall–Kier alpha value is -3.46. The summed E-state index contributed by atoms with van der Waals surface area (Å²) in [6, 6.07) is 5.19. The summed E-state index contributed by atoms with van der Waals surface area (Å²) < 4.78 is 16.8. The van der Waals surface area contributed by atoms with E-state index in [2.05, 4.69) is 30.2 Å². The van der Waals surface area contributed by atoms with Crippen molar-refractivity contribution in [2.24, 2.45) is 0 Å². The molecule has 0 fully saturated rings. The van der Waals surface area contributed by atoms with Gasteiger partial charge >= 0.3 is 0 Å². The van der Waals surface area contributed by atoms with Crippen LogP contribution in [-0.2, 0) is 0 Å². The number of aryl methyl sites for hydroxylation is 1. The first-order chi connectivity index (χ1) is 14.3. The van der Waals surface area contributed by atoms with Gasteiger partial charge in [-0.3, -0.25) is 4.98 Å². The Morgan fingerprint density at radius 2 is 1.80 bits per heavy atom.